The Morgan fingerprint density at radius 2 is 0.691 bits per heavy atom. The van der Waals surface area contributed by atoms with Crippen LogP contribution < -0.4 is 5.32 Å². The van der Waals surface area contributed by atoms with Crippen LogP contribution in [0.3, 0.4) is 0 Å². The number of rotatable bonds is 57. The molecular formula is C62H119NO5. The van der Waals surface area contributed by atoms with E-state index in [1.807, 2.05) is 6.08 Å². The molecule has 0 heterocycles. The fourth-order valence-electron chi connectivity index (χ4n) is 9.51. The van der Waals surface area contributed by atoms with Crippen LogP contribution in [0.5, 0.6) is 0 Å². The Morgan fingerprint density at radius 1 is 0.397 bits per heavy atom. The molecule has 0 radical (unpaired) electrons. The van der Waals surface area contributed by atoms with Crippen molar-refractivity contribution in [3.63, 3.8) is 0 Å². The Labute approximate surface area is 424 Å². The number of aliphatic hydroxyl groups excluding tert-OH is 2. The first-order valence-electron chi connectivity index (χ1n) is 30.6. The smallest absolute Gasteiger partial charge is 0.305 e. The summed E-state index contributed by atoms with van der Waals surface area (Å²) in [6, 6.07) is -0.631. The van der Waals surface area contributed by atoms with Crippen molar-refractivity contribution < 1.29 is 24.5 Å². The minimum Gasteiger partial charge on any atom is -0.466 e. The molecule has 0 aliphatic rings. The minimum absolute atomic E-state index is 0.000464. The largest absolute Gasteiger partial charge is 0.466 e. The summed E-state index contributed by atoms with van der Waals surface area (Å²) in [5, 5.41) is 23.2. The van der Waals surface area contributed by atoms with E-state index in [0.29, 0.717) is 19.4 Å². The summed E-state index contributed by atoms with van der Waals surface area (Å²) in [5.41, 5.74) is 0. The Morgan fingerprint density at radius 3 is 1.04 bits per heavy atom. The maximum absolute atomic E-state index is 12.5. The first-order chi connectivity index (χ1) is 33.5. The molecule has 0 fully saturated rings. The van der Waals surface area contributed by atoms with Crippen LogP contribution in [0, 0.1) is 0 Å². The number of unbranched alkanes of at least 4 members (excludes halogenated alkanes) is 44. The number of hydrogen-bond donors (Lipinski definition) is 3. The van der Waals surface area contributed by atoms with Gasteiger partial charge in [0.05, 0.1) is 25.4 Å². The molecule has 0 bridgehead atoms. The number of nitrogens with one attached hydrogen (secondary N) is 1. The van der Waals surface area contributed by atoms with Gasteiger partial charge in [-0.05, 0) is 57.8 Å². The summed E-state index contributed by atoms with van der Waals surface area (Å²) >= 11 is 0. The molecule has 0 aromatic carbocycles. The van der Waals surface area contributed by atoms with Gasteiger partial charge < -0.3 is 20.3 Å². The second-order valence-electron chi connectivity index (χ2n) is 21.0. The van der Waals surface area contributed by atoms with E-state index in [0.717, 1.165) is 44.9 Å². The van der Waals surface area contributed by atoms with Gasteiger partial charge in [-0.25, -0.2) is 0 Å². The van der Waals surface area contributed by atoms with Crippen LogP contribution in [0.1, 0.15) is 335 Å². The highest BCUT2D eigenvalue weighted by Gasteiger charge is 2.18. The van der Waals surface area contributed by atoms with Gasteiger partial charge in [0.25, 0.3) is 0 Å². The van der Waals surface area contributed by atoms with Crippen LogP contribution in [0.25, 0.3) is 0 Å². The zero-order valence-electron chi connectivity index (χ0n) is 45.9. The maximum Gasteiger partial charge on any atom is 0.305 e. The molecule has 402 valence electrons. The molecule has 6 heteroatoms. The van der Waals surface area contributed by atoms with Crippen molar-refractivity contribution in [2.45, 2.75) is 347 Å². The molecule has 0 saturated heterocycles. The normalized spacial score (nSPS) is 12.7. The zero-order valence-corrected chi connectivity index (χ0v) is 45.9. The fraction of sp³-hybridized carbons (Fsp3) is 0.903. The van der Waals surface area contributed by atoms with Crippen LogP contribution in [-0.4, -0.2) is 47.4 Å². The molecule has 6 nitrogen and oxygen atoms in total. The topological polar surface area (TPSA) is 95.9 Å². The van der Waals surface area contributed by atoms with Crippen molar-refractivity contribution in [3.8, 4) is 0 Å². The molecule has 2 atom stereocenters. The molecule has 0 spiro atoms. The number of ether oxygens (including phenoxy) is 1. The summed E-state index contributed by atoms with van der Waals surface area (Å²) in [6.07, 6.45) is 70.6. The third kappa shape index (κ3) is 53.7. The van der Waals surface area contributed by atoms with E-state index in [1.165, 1.54) is 263 Å². The van der Waals surface area contributed by atoms with Crippen LogP contribution >= 0.6 is 0 Å². The number of carbonyl (C=O) groups excluding carboxylic acids is 2. The third-order valence-electron chi connectivity index (χ3n) is 14.2. The lowest BCUT2D eigenvalue weighted by atomic mass is 10.0. The van der Waals surface area contributed by atoms with Gasteiger partial charge in [-0.2, -0.15) is 0 Å². The molecule has 0 rings (SSSR count). The van der Waals surface area contributed by atoms with E-state index in [-0.39, 0.29) is 18.5 Å². The predicted octanol–water partition coefficient (Wildman–Crippen LogP) is 19.0. The standard InChI is InChI=1S/C62H119NO5/c1-3-5-7-9-11-13-15-17-19-23-26-30-34-38-42-46-50-54-60(65)59(58-64)63-61(66)55-51-47-43-39-35-31-27-24-21-22-25-29-33-37-41-45-49-53-57-68-62(67)56-52-48-44-40-36-32-28-20-18-16-14-12-10-8-6-4-2/h20,28,50,54,59-60,64-65H,3-19,21-27,29-49,51-53,55-58H2,1-2H3,(H,63,66)/b28-20-,54-50+. The van der Waals surface area contributed by atoms with E-state index in [9.17, 15) is 19.8 Å². The first-order valence-corrected chi connectivity index (χ1v) is 30.6. The maximum atomic E-state index is 12.5. The Hall–Kier alpha value is -1.66. The van der Waals surface area contributed by atoms with Crippen LogP contribution in [0.4, 0.5) is 0 Å². The molecule has 2 unspecified atom stereocenters. The van der Waals surface area contributed by atoms with Crippen molar-refractivity contribution >= 4 is 11.9 Å². The summed E-state index contributed by atoms with van der Waals surface area (Å²) in [6.45, 7) is 4.91. The molecule has 68 heavy (non-hydrogen) atoms. The van der Waals surface area contributed by atoms with Gasteiger partial charge in [0.1, 0.15) is 0 Å². The summed E-state index contributed by atoms with van der Waals surface area (Å²) in [5.74, 6) is -0.0704. The molecule has 0 saturated carbocycles. The predicted molar refractivity (Wildman–Crippen MR) is 296 cm³/mol. The van der Waals surface area contributed by atoms with Crippen LogP contribution in [0.2, 0.25) is 0 Å². The Kier molecular flexibility index (Phi) is 56.5. The van der Waals surface area contributed by atoms with E-state index in [2.05, 4.69) is 31.3 Å². The van der Waals surface area contributed by atoms with E-state index in [1.54, 1.807) is 6.08 Å². The van der Waals surface area contributed by atoms with Gasteiger partial charge in [-0.3, -0.25) is 9.59 Å². The SMILES string of the molecule is CCCCCCCCC/C=C\CCCCCCCC(=O)OCCCCCCCCCCCCCCCCCCCCC(=O)NC(CO)C(O)/C=C/CCCCCCCCCCCCCCCCC. The summed E-state index contributed by atoms with van der Waals surface area (Å²) < 4.78 is 5.48. The average molecular weight is 959 g/mol. The summed E-state index contributed by atoms with van der Waals surface area (Å²) in [4.78, 5) is 24.5. The summed E-state index contributed by atoms with van der Waals surface area (Å²) in [7, 11) is 0. The highest BCUT2D eigenvalue weighted by Crippen LogP contribution is 2.17. The number of amides is 1. The van der Waals surface area contributed by atoms with E-state index < -0.39 is 12.1 Å². The lowest BCUT2D eigenvalue weighted by molar-refractivity contribution is -0.143. The van der Waals surface area contributed by atoms with Crippen molar-refractivity contribution in [1.29, 1.82) is 0 Å². The number of carbonyl (C=O) groups is 2. The molecule has 3 N–H and O–H groups in total. The lowest BCUT2D eigenvalue weighted by Crippen LogP contribution is -2.45. The lowest BCUT2D eigenvalue weighted by Gasteiger charge is -2.20. The van der Waals surface area contributed by atoms with Gasteiger partial charge in [0.15, 0.2) is 0 Å². The van der Waals surface area contributed by atoms with E-state index in [4.69, 9.17) is 4.74 Å². The molecule has 0 aromatic heterocycles. The third-order valence-corrected chi connectivity index (χ3v) is 14.2. The van der Waals surface area contributed by atoms with Crippen molar-refractivity contribution in [1.82, 2.24) is 5.32 Å². The van der Waals surface area contributed by atoms with Gasteiger partial charge in [0, 0.05) is 12.8 Å². The van der Waals surface area contributed by atoms with Crippen LogP contribution in [0.15, 0.2) is 24.3 Å². The monoisotopic (exact) mass is 958 g/mol. The molecule has 0 aliphatic heterocycles. The number of esters is 1. The van der Waals surface area contributed by atoms with Crippen molar-refractivity contribution in [2.24, 2.45) is 0 Å². The number of aliphatic hydroxyl groups is 2. The van der Waals surface area contributed by atoms with Gasteiger partial charge >= 0.3 is 5.97 Å². The van der Waals surface area contributed by atoms with E-state index >= 15 is 0 Å². The second kappa shape index (κ2) is 57.9. The average Bonchev–Trinajstić information content (AvgIpc) is 3.34. The highest BCUT2D eigenvalue weighted by molar-refractivity contribution is 5.76. The van der Waals surface area contributed by atoms with Gasteiger partial charge in [-0.15, -0.1) is 0 Å². The van der Waals surface area contributed by atoms with Crippen LogP contribution in [-0.2, 0) is 14.3 Å². The first kappa shape index (κ1) is 66.3. The zero-order chi connectivity index (χ0) is 49.3. The molecule has 0 aromatic rings. The Bertz CT molecular complexity index is 1060. The van der Waals surface area contributed by atoms with Gasteiger partial charge in [-0.1, -0.05) is 289 Å². The minimum atomic E-state index is -0.847. The quantitative estimate of drug-likeness (QED) is 0.0321. The Balaban J connectivity index is 3.43. The second-order valence-corrected chi connectivity index (χ2v) is 21.0. The number of hydrogen-bond acceptors (Lipinski definition) is 5. The van der Waals surface area contributed by atoms with Gasteiger partial charge in [0.2, 0.25) is 5.91 Å². The molecule has 1 amide bonds. The highest BCUT2D eigenvalue weighted by atomic mass is 16.5. The van der Waals surface area contributed by atoms with Crippen molar-refractivity contribution in [2.75, 3.05) is 13.2 Å². The van der Waals surface area contributed by atoms with Crippen molar-refractivity contribution in [3.05, 3.63) is 24.3 Å². The number of allylic oxidation sites excluding steroid dienone is 3. The molecular weight excluding hydrogens is 839 g/mol. The fourth-order valence-corrected chi connectivity index (χ4v) is 9.51. The molecule has 0 aliphatic carbocycles.